The van der Waals surface area contributed by atoms with Gasteiger partial charge in [-0.05, 0) is 79.9 Å². The van der Waals surface area contributed by atoms with E-state index in [1.54, 1.807) is 0 Å². The second kappa shape index (κ2) is 10.8. The SMILES string of the molecule is Nc1ccc2[nH]c(-c3cccc(OCCCCCOc4cccc(-c5nc6cc(N)ccc6[nH]5)c4)c3)nc2c1. The van der Waals surface area contributed by atoms with Crippen molar-refractivity contribution >= 4 is 33.4 Å². The number of ether oxygens (including phenoxy) is 2. The Bertz CT molecular complexity index is 1610. The van der Waals surface area contributed by atoms with Gasteiger partial charge in [0.05, 0.1) is 35.3 Å². The van der Waals surface area contributed by atoms with Crippen LogP contribution in [0.15, 0.2) is 84.9 Å². The summed E-state index contributed by atoms with van der Waals surface area (Å²) in [6.45, 7) is 1.29. The zero-order chi connectivity index (χ0) is 26.6. The minimum absolute atomic E-state index is 0.645. The van der Waals surface area contributed by atoms with E-state index in [4.69, 9.17) is 20.9 Å². The van der Waals surface area contributed by atoms with E-state index >= 15 is 0 Å². The number of benzene rings is 4. The first-order chi connectivity index (χ1) is 19.1. The highest BCUT2D eigenvalue weighted by Crippen LogP contribution is 2.26. The fourth-order valence-electron chi connectivity index (χ4n) is 4.55. The lowest BCUT2D eigenvalue weighted by atomic mass is 10.2. The Morgan fingerprint density at radius 1 is 0.564 bits per heavy atom. The number of H-pyrrole nitrogens is 2. The van der Waals surface area contributed by atoms with Crippen molar-refractivity contribution < 1.29 is 9.47 Å². The van der Waals surface area contributed by atoms with Crippen molar-refractivity contribution in [1.82, 2.24) is 19.9 Å². The van der Waals surface area contributed by atoms with Crippen molar-refractivity contribution in [2.45, 2.75) is 19.3 Å². The molecule has 6 rings (SSSR count). The van der Waals surface area contributed by atoms with Gasteiger partial charge >= 0.3 is 0 Å². The third-order valence-corrected chi connectivity index (χ3v) is 6.56. The zero-order valence-electron chi connectivity index (χ0n) is 21.5. The number of aromatic amines is 2. The molecule has 0 amide bonds. The van der Waals surface area contributed by atoms with Crippen LogP contribution in [-0.2, 0) is 0 Å². The maximum atomic E-state index is 6.00. The average Bonchev–Trinajstić information content (AvgIpc) is 3.57. The van der Waals surface area contributed by atoms with Crippen molar-refractivity contribution in [3.63, 3.8) is 0 Å². The van der Waals surface area contributed by atoms with Gasteiger partial charge in [0.1, 0.15) is 23.1 Å². The first-order valence-corrected chi connectivity index (χ1v) is 13.1. The van der Waals surface area contributed by atoms with Crippen LogP contribution >= 0.6 is 0 Å². The van der Waals surface area contributed by atoms with Crippen LogP contribution in [0.25, 0.3) is 44.8 Å². The first-order valence-electron chi connectivity index (χ1n) is 13.1. The monoisotopic (exact) mass is 518 g/mol. The summed E-state index contributed by atoms with van der Waals surface area (Å²) >= 11 is 0. The predicted octanol–water partition coefficient (Wildman–Crippen LogP) is 6.57. The largest absolute Gasteiger partial charge is 0.494 e. The van der Waals surface area contributed by atoms with E-state index in [0.29, 0.717) is 24.6 Å². The second-order valence-corrected chi connectivity index (χ2v) is 9.54. The Morgan fingerprint density at radius 3 is 1.54 bits per heavy atom. The van der Waals surface area contributed by atoms with E-state index in [1.807, 2.05) is 84.9 Å². The van der Waals surface area contributed by atoms with Crippen LogP contribution in [-0.4, -0.2) is 33.1 Å². The molecule has 4 aromatic carbocycles. The summed E-state index contributed by atoms with van der Waals surface area (Å²) in [5, 5.41) is 0. The van der Waals surface area contributed by atoms with Crippen molar-refractivity contribution in [2.75, 3.05) is 24.7 Å². The maximum Gasteiger partial charge on any atom is 0.138 e. The average molecular weight is 519 g/mol. The minimum atomic E-state index is 0.645. The number of nitrogens with one attached hydrogen (secondary N) is 2. The Hall–Kier alpha value is -4.98. The van der Waals surface area contributed by atoms with Crippen LogP contribution in [0.3, 0.4) is 0 Å². The van der Waals surface area contributed by atoms with Crippen LogP contribution in [0.5, 0.6) is 11.5 Å². The third-order valence-electron chi connectivity index (χ3n) is 6.56. The fraction of sp³-hybridized carbons (Fsp3) is 0.161. The molecule has 8 nitrogen and oxygen atoms in total. The van der Waals surface area contributed by atoms with E-state index in [9.17, 15) is 0 Å². The van der Waals surface area contributed by atoms with Gasteiger partial charge in [0.15, 0.2) is 0 Å². The van der Waals surface area contributed by atoms with Gasteiger partial charge in [-0.1, -0.05) is 24.3 Å². The summed E-state index contributed by atoms with van der Waals surface area (Å²) in [6, 6.07) is 27.3. The topological polar surface area (TPSA) is 128 Å². The molecule has 0 aliphatic heterocycles. The highest BCUT2D eigenvalue weighted by Gasteiger charge is 2.08. The quantitative estimate of drug-likeness (QED) is 0.120. The van der Waals surface area contributed by atoms with Gasteiger partial charge in [-0.15, -0.1) is 0 Å². The van der Waals surface area contributed by atoms with Gasteiger partial charge in [0, 0.05) is 22.5 Å². The molecule has 6 aromatic rings. The summed E-state index contributed by atoms with van der Waals surface area (Å²) < 4.78 is 12.0. The van der Waals surface area contributed by atoms with Gasteiger partial charge < -0.3 is 30.9 Å². The summed E-state index contributed by atoms with van der Waals surface area (Å²) in [5.41, 5.74) is 18.7. The molecule has 8 heteroatoms. The molecule has 39 heavy (non-hydrogen) atoms. The Morgan fingerprint density at radius 2 is 1.05 bits per heavy atom. The third kappa shape index (κ3) is 5.65. The van der Waals surface area contributed by atoms with E-state index in [0.717, 1.165) is 75.6 Å². The molecule has 2 aromatic heterocycles. The summed E-state index contributed by atoms with van der Waals surface area (Å²) in [6.07, 6.45) is 2.90. The molecule has 0 aliphatic carbocycles. The molecule has 2 heterocycles. The minimum Gasteiger partial charge on any atom is -0.494 e. The van der Waals surface area contributed by atoms with E-state index in [2.05, 4.69) is 19.9 Å². The van der Waals surface area contributed by atoms with Crippen molar-refractivity contribution in [3.8, 4) is 34.3 Å². The van der Waals surface area contributed by atoms with Crippen molar-refractivity contribution in [3.05, 3.63) is 84.9 Å². The number of hydrogen-bond donors (Lipinski definition) is 4. The number of hydrogen-bond acceptors (Lipinski definition) is 6. The normalized spacial score (nSPS) is 11.3. The van der Waals surface area contributed by atoms with Crippen LogP contribution in [0.2, 0.25) is 0 Å². The molecule has 0 radical (unpaired) electrons. The van der Waals surface area contributed by atoms with Crippen LogP contribution < -0.4 is 20.9 Å². The predicted molar refractivity (Wildman–Crippen MR) is 157 cm³/mol. The van der Waals surface area contributed by atoms with E-state index < -0.39 is 0 Å². The Labute approximate surface area is 226 Å². The molecular formula is C31H30N6O2. The van der Waals surface area contributed by atoms with Gasteiger partial charge in [-0.3, -0.25) is 0 Å². The molecule has 0 unspecified atom stereocenters. The van der Waals surface area contributed by atoms with Gasteiger partial charge in [-0.25, -0.2) is 9.97 Å². The highest BCUT2D eigenvalue weighted by atomic mass is 16.5. The van der Waals surface area contributed by atoms with Gasteiger partial charge in [-0.2, -0.15) is 0 Å². The molecule has 6 N–H and O–H groups in total. The molecule has 196 valence electrons. The fourth-order valence-corrected chi connectivity index (χ4v) is 4.55. The number of rotatable bonds is 10. The van der Waals surface area contributed by atoms with E-state index in [-0.39, 0.29) is 0 Å². The standard InChI is InChI=1S/C31H30N6O2/c32-22-10-12-26-28(18-22)36-30(34-26)20-6-4-8-24(16-20)38-14-2-1-3-15-39-25-9-5-7-21(17-25)31-35-27-13-11-23(33)19-29(27)37-31/h4-13,16-19H,1-3,14-15,32-33H2,(H,34,36)(H,35,37). The highest BCUT2D eigenvalue weighted by molar-refractivity contribution is 5.83. The van der Waals surface area contributed by atoms with Gasteiger partial charge in [0.2, 0.25) is 0 Å². The Kier molecular flexibility index (Phi) is 6.74. The second-order valence-electron chi connectivity index (χ2n) is 9.54. The van der Waals surface area contributed by atoms with Crippen molar-refractivity contribution in [1.29, 1.82) is 0 Å². The summed E-state index contributed by atoms with van der Waals surface area (Å²) in [4.78, 5) is 16.0. The molecular weight excluding hydrogens is 488 g/mol. The number of imidazole rings is 2. The molecule has 0 fully saturated rings. The molecule has 0 spiro atoms. The molecule has 0 bridgehead atoms. The first kappa shape index (κ1) is 24.4. The Balaban J connectivity index is 0.961. The van der Waals surface area contributed by atoms with E-state index in [1.165, 1.54) is 0 Å². The number of aromatic nitrogens is 4. The van der Waals surface area contributed by atoms with Crippen molar-refractivity contribution in [2.24, 2.45) is 0 Å². The lowest BCUT2D eigenvalue weighted by Crippen LogP contribution is -2.01. The smallest absolute Gasteiger partial charge is 0.138 e. The molecule has 0 aliphatic rings. The van der Waals surface area contributed by atoms with Crippen LogP contribution in [0.4, 0.5) is 11.4 Å². The molecule has 0 saturated heterocycles. The lowest BCUT2D eigenvalue weighted by Gasteiger charge is -2.09. The zero-order valence-corrected chi connectivity index (χ0v) is 21.5. The van der Waals surface area contributed by atoms with Crippen LogP contribution in [0, 0.1) is 0 Å². The molecule has 0 saturated carbocycles. The lowest BCUT2D eigenvalue weighted by molar-refractivity contribution is 0.279. The number of nitrogen functional groups attached to an aromatic ring is 2. The van der Waals surface area contributed by atoms with Crippen LogP contribution in [0.1, 0.15) is 19.3 Å². The maximum absolute atomic E-state index is 6.00. The number of nitrogens with two attached hydrogens (primary N) is 2. The number of nitrogens with zero attached hydrogens (tertiary/aromatic N) is 2. The number of unbranched alkanes of at least 4 members (excludes halogenated alkanes) is 2. The molecule has 0 atom stereocenters. The summed E-state index contributed by atoms with van der Waals surface area (Å²) in [7, 11) is 0. The number of fused-ring (bicyclic) bond motifs is 2. The number of anilines is 2. The summed E-state index contributed by atoms with van der Waals surface area (Å²) in [5.74, 6) is 3.25. The van der Waals surface area contributed by atoms with Gasteiger partial charge in [0.25, 0.3) is 0 Å².